The van der Waals surface area contributed by atoms with Gasteiger partial charge in [0.25, 0.3) is 0 Å². The van der Waals surface area contributed by atoms with Crippen LogP contribution in [0.3, 0.4) is 0 Å². The predicted molar refractivity (Wildman–Crippen MR) is 51.1 cm³/mol. The Bertz CT molecular complexity index is 261. The van der Waals surface area contributed by atoms with E-state index in [-0.39, 0.29) is 18.9 Å². The molecule has 15 heavy (non-hydrogen) atoms. The molecule has 1 aliphatic rings. The summed E-state index contributed by atoms with van der Waals surface area (Å²) >= 11 is 0. The van der Waals surface area contributed by atoms with Gasteiger partial charge < -0.3 is 19.4 Å². The van der Waals surface area contributed by atoms with Gasteiger partial charge in [0.1, 0.15) is 18.7 Å². The van der Waals surface area contributed by atoms with Crippen LogP contribution in [0, 0.1) is 5.92 Å². The largest absolute Gasteiger partial charge is 0.393 e. The minimum Gasteiger partial charge on any atom is -0.393 e. The molecular weight excluding hydrogens is 200 g/mol. The van der Waals surface area contributed by atoms with Gasteiger partial charge in [-0.1, -0.05) is 0 Å². The second-order valence-electron chi connectivity index (χ2n) is 3.25. The first-order valence-corrected chi connectivity index (χ1v) is 4.66. The van der Waals surface area contributed by atoms with Crippen molar-refractivity contribution in [1.82, 2.24) is 0 Å². The lowest BCUT2D eigenvalue weighted by molar-refractivity contribution is -0.182. The second-order valence-corrected chi connectivity index (χ2v) is 3.25. The molecule has 0 saturated heterocycles. The van der Waals surface area contributed by atoms with Crippen molar-refractivity contribution in [2.45, 2.75) is 18.8 Å². The van der Waals surface area contributed by atoms with Gasteiger partial charge in [0, 0.05) is 19.4 Å². The van der Waals surface area contributed by atoms with Gasteiger partial charge in [-0.2, -0.15) is 0 Å². The van der Waals surface area contributed by atoms with E-state index in [0.717, 1.165) is 6.29 Å². The Morgan fingerprint density at radius 2 is 2.33 bits per heavy atom. The van der Waals surface area contributed by atoms with E-state index >= 15 is 0 Å². The van der Waals surface area contributed by atoms with Crippen molar-refractivity contribution in [2.24, 2.45) is 5.92 Å². The van der Waals surface area contributed by atoms with E-state index < -0.39 is 12.4 Å². The zero-order valence-corrected chi connectivity index (χ0v) is 8.46. The molecule has 1 aliphatic heterocycles. The minimum absolute atomic E-state index is 0.168. The Labute approximate surface area is 87.7 Å². The fraction of sp³-hybridized carbons (Fsp3) is 0.600. The Morgan fingerprint density at radius 1 is 1.60 bits per heavy atom. The van der Waals surface area contributed by atoms with E-state index in [1.54, 1.807) is 0 Å². The maximum Gasteiger partial charge on any atom is 0.165 e. The normalized spacial score (nSPS) is 30.8. The van der Waals surface area contributed by atoms with Crippen LogP contribution >= 0.6 is 0 Å². The number of rotatable bonds is 5. The van der Waals surface area contributed by atoms with E-state index in [4.69, 9.17) is 14.6 Å². The second kappa shape index (κ2) is 5.75. The number of aliphatic hydroxyl groups excluding tert-OH is 1. The molecule has 0 unspecified atom stereocenters. The van der Waals surface area contributed by atoms with Crippen molar-refractivity contribution in [1.29, 1.82) is 0 Å². The van der Waals surface area contributed by atoms with Crippen LogP contribution in [0.2, 0.25) is 0 Å². The Hall–Kier alpha value is -1.04. The number of carbonyl (C=O) groups excluding carboxylic acids is 2. The minimum atomic E-state index is -0.655. The van der Waals surface area contributed by atoms with Gasteiger partial charge in [-0.15, -0.1) is 0 Å². The fourth-order valence-corrected chi connectivity index (χ4v) is 1.59. The lowest BCUT2D eigenvalue weighted by Gasteiger charge is -2.32. The van der Waals surface area contributed by atoms with Gasteiger partial charge in [-0.3, -0.25) is 4.79 Å². The topological polar surface area (TPSA) is 72.8 Å². The van der Waals surface area contributed by atoms with Gasteiger partial charge in [0.05, 0.1) is 6.61 Å². The van der Waals surface area contributed by atoms with Crippen LogP contribution in [-0.4, -0.2) is 43.8 Å². The van der Waals surface area contributed by atoms with Crippen molar-refractivity contribution in [3.63, 3.8) is 0 Å². The number of hydrogen-bond acceptors (Lipinski definition) is 5. The SMILES string of the molecule is CO[C@H]1O[C@H](CO)C=C(C=O)[C@@H]1CC=O. The molecule has 0 aliphatic carbocycles. The first-order chi connectivity index (χ1) is 7.26. The number of hydrogen-bond donors (Lipinski definition) is 1. The first kappa shape index (κ1) is 12.0. The molecule has 0 amide bonds. The highest BCUT2D eigenvalue weighted by Gasteiger charge is 2.32. The van der Waals surface area contributed by atoms with E-state index in [0.29, 0.717) is 11.9 Å². The van der Waals surface area contributed by atoms with Crippen LogP contribution in [0.25, 0.3) is 0 Å². The summed E-state index contributed by atoms with van der Waals surface area (Å²) in [6.07, 6.45) is 1.88. The van der Waals surface area contributed by atoms with Gasteiger partial charge in [-0.05, 0) is 11.6 Å². The number of ether oxygens (including phenoxy) is 2. The highest BCUT2D eigenvalue weighted by atomic mass is 16.7. The summed E-state index contributed by atoms with van der Waals surface area (Å²) in [7, 11) is 1.44. The predicted octanol–water partition coefficient (Wildman–Crippen LogP) is -0.320. The Balaban J connectivity index is 2.88. The lowest BCUT2D eigenvalue weighted by Crippen LogP contribution is -2.38. The maximum atomic E-state index is 10.8. The quantitative estimate of drug-likeness (QED) is 0.635. The number of aliphatic hydroxyl groups is 1. The molecule has 5 nitrogen and oxygen atoms in total. The van der Waals surface area contributed by atoms with Crippen molar-refractivity contribution >= 4 is 12.6 Å². The van der Waals surface area contributed by atoms with Crippen LogP contribution < -0.4 is 0 Å². The molecule has 3 atom stereocenters. The summed E-state index contributed by atoms with van der Waals surface area (Å²) in [6.45, 7) is -0.217. The third-order valence-electron chi connectivity index (χ3n) is 2.34. The van der Waals surface area contributed by atoms with Crippen molar-refractivity contribution < 1.29 is 24.2 Å². The molecule has 1 N–H and O–H groups in total. The smallest absolute Gasteiger partial charge is 0.165 e. The summed E-state index contributed by atoms with van der Waals surface area (Å²) < 4.78 is 10.3. The molecule has 0 aromatic rings. The van der Waals surface area contributed by atoms with E-state index in [9.17, 15) is 9.59 Å². The number of aldehydes is 2. The fourth-order valence-electron chi connectivity index (χ4n) is 1.59. The Morgan fingerprint density at radius 3 is 2.80 bits per heavy atom. The average molecular weight is 214 g/mol. The molecule has 0 bridgehead atoms. The molecule has 0 spiro atoms. The summed E-state index contributed by atoms with van der Waals surface area (Å²) in [5.74, 6) is -0.382. The molecule has 1 heterocycles. The highest BCUT2D eigenvalue weighted by molar-refractivity contribution is 5.75. The van der Waals surface area contributed by atoms with E-state index in [1.165, 1.54) is 13.2 Å². The summed E-state index contributed by atoms with van der Waals surface area (Å²) in [4.78, 5) is 21.2. The monoisotopic (exact) mass is 214 g/mol. The third-order valence-corrected chi connectivity index (χ3v) is 2.34. The molecule has 1 rings (SSSR count). The maximum absolute atomic E-state index is 10.8. The molecule has 0 saturated carbocycles. The Kier molecular flexibility index (Phi) is 4.61. The van der Waals surface area contributed by atoms with Crippen molar-refractivity contribution in [2.75, 3.05) is 13.7 Å². The zero-order chi connectivity index (χ0) is 11.3. The summed E-state index contributed by atoms with van der Waals surface area (Å²) in [5.41, 5.74) is 0.444. The standard InChI is InChI=1S/C10H14O5/c1-14-10-9(2-3-11)7(5-12)4-8(6-13)15-10/h3-5,8-10,13H,2,6H2,1H3/t8-,9-,10-/m0/s1. The van der Waals surface area contributed by atoms with Gasteiger partial charge in [0.2, 0.25) is 0 Å². The lowest BCUT2D eigenvalue weighted by atomic mass is 9.92. The number of carbonyl (C=O) groups is 2. The molecule has 5 heteroatoms. The molecule has 84 valence electrons. The van der Waals surface area contributed by atoms with Crippen LogP contribution in [0.5, 0.6) is 0 Å². The molecule has 0 aromatic heterocycles. The summed E-state index contributed by atoms with van der Waals surface area (Å²) in [6, 6.07) is 0. The zero-order valence-electron chi connectivity index (χ0n) is 8.46. The highest BCUT2D eigenvalue weighted by Crippen LogP contribution is 2.27. The van der Waals surface area contributed by atoms with Crippen LogP contribution in [0.15, 0.2) is 11.6 Å². The molecular formula is C10H14O5. The van der Waals surface area contributed by atoms with E-state index in [2.05, 4.69) is 0 Å². The average Bonchev–Trinajstić information content (AvgIpc) is 2.29. The van der Waals surface area contributed by atoms with Crippen LogP contribution in [-0.2, 0) is 19.1 Å². The van der Waals surface area contributed by atoms with Gasteiger partial charge in [-0.25, -0.2) is 0 Å². The van der Waals surface area contributed by atoms with Crippen molar-refractivity contribution in [3.05, 3.63) is 11.6 Å². The molecule has 0 aromatic carbocycles. The van der Waals surface area contributed by atoms with E-state index in [1.807, 2.05) is 0 Å². The first-order valence-electron chi connectivity index (χ1n) is 4.66. The van der Waals surface area contributed by atoms with Gasteiger partial charge >= 0.3 is 0 Å². The van der Waals surface area contributed by atoms with Crippen LogP contribution in [0.4, 0.5) is 0 Å². The number of methoxy groups -OCH3 is 1. The van der Waals surface area contributed by atoms with Crippen molar-refractivity contribution in [3.8, 4) is 0 Å². The summed E-state index contributed by atoms with van der Waals surface area (Å²) in [5, 5.41) is 8.92. The van der Waals surface area contributed by atoms with Crippen LogP contribution in [0.1, 0.15) is 6.42 Å². The molecule has 0 fully saturated rings. The van der Waals surface area contributed by atoms with Gasteiger partial charge in [0.15, 0.2) is 6.29 Å². The third kappa shape index (κ3) is 2.71. The molecule has 0 radical (unpaired) electrons.